The van der Waals surface area contributed by atoms with Crippen molar-refractivity contribution in [3.63, 3.8) is 0 Å². The van der Waals surface area contributed by atoms with E-state index in [1.165, 1.54) is 0 Å². The molecule has 0 aliphatic carbocycles. The summed E-state index contributed by atoms with van der Waals surface area (Å²) in [6.07, 6.45) is 6.29. The molecule has 12 heteroatoms. The van der Waals surface area contributed by atoms with Crippen LogP contribution >= 0.6 is 64.6 Å². The Hall–Kier alpha value is -1.57. The van der Waals surface area contributed by atoms with Crippen LogP contribution in [0.25, 0.3) is 21.9 Å². The van der Waals surface area contributed by atoms with Gasteiger partial charge in [-0.05, 0) is 53.4 Å². The Morgan fingerprint density at radius 1 is 0.833 bits per heavy atom. The molecular weight excluding hydrogens is 804 g/mol. The molecule has 1 aromatic heterocycles. The van der Waals surface area contributed by atoms with Crippen LogP contribution in [0.15, 0.2) is 44.6 Å². The topological polar surface area (TPSA) is 84.6 Å². The fourth-order valence-corrected chi connectivity index (χ4v) is 5.40. The molecule has 0 aliphatic heterocycles. The summed E-state index contributed by atoms with van der Waals surface area (Å²) in [4.78, 5) is 14.2. The van der Waals surface area contributed by atoms with Crippen molar-refractivity contribution in [3.05, 3.63) is 56.8 Å². The molecule has 1 N–H and O–H groups in total. The van der Waals surface area contributed by atoms with Crippen molar-refractivity contribution in [2.75, 3.05) is 33.4 Å². The quantitative estimate of drug-likeness (QED) is 0.0703. The van der Waals surface area contributed by atoms with Crippen molar-refractivity contribution >= 4 is 86.5 Å². The van der Waals surface area contributed by atoms with Gasteiger partial charge < -0.3 is 23.7 Å². The monoisotopic (exact) mass is 836 g/mol. The molecule has 230 valence electrons. The maximum Gasteiger partial charge on any atom is 0.204 e. The second-order valence-electron chi connectivity index (χ2n) is 10.2. The van der Waals surface area contributed by atoms with Gasteiger partial charge in [0.25, 0.3) is 0 Å². The first-order valence-electron chi connectivity index (χ1n) is 13.5. The molecule has 0 aliphatic rings. The number of phenols is 1. The second-order valence-corrected chi connectivity index (χ2v) is 15.5. The van der Waals surface area contributed by atoms with Crippen LogP contribution in [0.4, 0.5) is 0 Å². The van der Waals surface area contributed by atoms with E-state index in [-0.39, 0.29) is 22.1 Å². The van der Waals surface area contributed by atoms with Gasteiger partial charge in [0.2, 0.25) is 5.43 Å². The zero-order valence-electron chi connectivity index (χ0n) is 24.4. The van der Waals surface area contributed by atoms with Crippen molar-refractivity contribution in [2.45, 2.75) is 53.4 Å². The molecule has 0 bridgehead atoms. The summed E-state index contributed by atoms with van der Waals surface area (Å²) >= 11 is 13.3. The van der Waals surface area contributed by atoms with E-state index in [0.29, 0.717) is 78.5 Å². The molecule has 0 radical (unpaired) electrons. The van der Waals surface area contributed by atoms with Gasteiger partial charge >= 0.3 is 0 Å². The summed E-state index contributed by atoms with van der Waals surface area (Å²) in [7, 11) is 1.56. The molecule has 0 saturated carbocycles. The lowest BCUT2D eigenvalue weighted by atomic mass is 9.98. The highest BCUT2D eigenvalue weighted by Crippen LogP contribution is 2.41. The van der Waals surface area contributed by atoms with Crippen molar-refractivity contribution < 1.29 is 23.7 Å². The first-order chi connectivity index (χ1) is 19.9. The average Bonchev–Trinajstić information content (AvgIpc) is 2.90. The molecule has 0 saturated heterocycles. The van der Waals surface area contributed by atoms with E-state index in [4.69, 9.17) is 18.6 Å². The summed E-state index contributed by atoms with van der Waals surface area (Å²) in [6, 6.07) is 3.39. The molecule has 8 nitrogen and oxygen atoms in total. The highest BCUT2D eigenvalue weighted by molar-refractivity contribution is 9.21. The first kappa shape index (κ1) is 34.9. The van der Waals surface area contributed by atoms with Gasteiger partial charge in [-0.1, -0.05) is 23.3 Å². The Kier molecular flexibility index (Phi) is 13.7. The van der Waals surface area contributed by atoms with Gasteiger partial charge in [-0.15, -0.1) is 0 Å². The fourth-order valence-electron chi connectivity index (χ4n) is 4.40. The third kappa shape index (κ3) is 9.22. The number of hydrogen-bond donors (Lipinski definition) is 1. The van der Waals surface area contributed by atoms with Crippen LogP contribution in [0.1, 0.15) is 51.7 Å². The minimum atomic E-state index is -0.334. The van der Waals surface area contributed by atoms with Gasteiger partial charge in [-0.3, -0.25) is 4.79 Å². The van der Waals surface area contributed by atoms with E-state index >= 15 is 0 Å². The van der Waals surface area contributed by atoms with E-state index in [0.717, 1.165) is 24.0 Å². The third-order valence-corrected chi connectivity index (χ3v) is 7.82. The predicted molar refractivity (Wildman–Crippen MR) is 184 cm³/mol. The van der Waals surface area contributed by atoms with E-state index in [1.54, 1.807) is 25.1 Å². The highest BCUT2D eigenvalue weighted by Gasteiger charge is 2.24. The molecule has 0 spiro atoms. The molecule has 0 atom stereocenters. The van der Waals surface area contributed by atoms with Crippen molar-refractivity contribution in [1.29, 1.82) is 0 Å². The number of allylic oxidation sites excluding steroid dienone is 4. The number of phenolic OH excluding ortho intramolecular Hbond substituents is 1. The summed E-state index contributed by atoms with van der Waals surface area (Å²) in [5, 5.41) is 12.0. The fraction of sp³-hybridized carbons (Fsp3) is 0.433. The number of nitrogens with zero attached hydrogens (tertiary/aromatic N) is 2. The van der Waals surface area contributed by atoms with Gasteiger partial charge in [0.1, 0.15) is 28.1 Å². The predicted octanol–water partition coefficient (Wildman–Crippen LogP) is 9.06. The lowest BCUT2D eigenvalue weighted by molar-refractivity contribution is 0.286. The number of hydrogen-bond acceptors (Lipinski definition) is 8. The average molecular weight is 840 g/mol. The molecule has 3 aromatic rings. The van der Waals surface area contributed by atoms with Crippen LogP contribution in [0.2, 0.25) is 0 Å². The standard InChI is InChI=1S/C30H36Br4N2O6/c1-18(2)8-10-20-22(40-14-6-12-35(31)32)16-24-27(28(20)37)29(38)26-21(11-9-19(3)4)30(39-5)25(17-23(26)42-24)41-15-7-13-36(33)34/h8-9,16-17,37H,6-7,10-15H2,1-5H3. The number of rotatable bonds is 15. The smallest absolute Gasteiger partial charge is 0.204 e. The molecule has 0 fully saturated rings. The summed E-state index contributed by atoms with van der Waals surface area (Å²) in [5.41, 5.74) is 3.61. The minimum Gasteiger partial charge on any atom is -0.507 e. The maximum atomic E-state index is 14.2. The summed E-state index contributed by atoms with van der Waals surface area (Å²) in [6.45, 7) is 10.2. The molecule has 3 rings (SSSR count). The zero-order chi connectivity index (χ0) is 31.0. The Labute approximate surface area is 281 Å². The Morgan fingerprint density at radius 2 is 1.33 bits per heavy atom. The largest absolute Gasteiger partial charge is 0.507 e. The number of benzene rings is 2. The van der Waals surface area contributed by atoms with Crippen molar-refractivity contribution in [1.82, 2.24) is 5.90 Å². The van der Waals surface area contributed by atoms with E-state index < -0.39 is 0 Å². The van der Waals surface area contributed by atoms with Crippen molar-refractivity contribution in [3.8, 4) is 23.0 Å². The molecule has 2 aromatic carbocycles. The number of ether oxygens (including phenoxy) is 3. The van der Waals surface area contributed by atoms with Gasteiger partial charge in [0.05, 0.1) is 25.7 Å². The van der Waals surface area contributed by atoms with Crippen LogP contribution in [-0.2, 0) is 12.8 Å². The Morgan fingerprint density at radius 3 is 1.86 bits per heavy atom. The van der Waals surface area contributed by atoms with Gasteiger partial charge in [0.15, 0.2) is 11.5 Å². The zero-order valence-corrected chi connectivity index (χ0v) is 30.7. The second kappa shape index (κ2) is 16.5. The normalized spacial score (nSPS) is 11.4. The van der Waals surface area contributed by atoms with E-state index in [1.807, 2.05) is 39.8 Å². The van der Waals surface area contributed by atoms with Crippen LogP contribution < -0.4 is 19.6 Å². The van der Waals surface area contributed by atoms with Gasteiger partial charge in [-0.25, -0.2) is 0 Å². The van der Waals surface area contributed by atoms with Crippen LogP contribution in [0.5, 0.6) is 23.0 Å². The Bertz CT molecular complexity index is 1510. The van der Waals surface area contributed by atoms with Crippen LogP contribution in [-0.4, -0.2) is 44.4 Å². The van der Waals surface area contributed by atoms with Gasteiger partial charge in [0, 0.05) is 101 Å². The number of methoxy groups -OCH3 is 1. The lowest BCUT2D eigenvalue weighted by Crippen LogP contribution is -2.11. The maximum absolute atomic E-state index is 14.2. The first-order valence-corrected chi connectivity index (χ1v) is 16.3. The Balaban J connectivity index is 2.27. The van der Waals surface area contributed by atoms with E-state index in [2.05, 4.69) is 64.6 Å². The molecule has 42 heavy (non-hydrogen) atoms. The summed E-state index contributed by atoms with van der Waals surface area (Å²) in [5.74, 6) is 1.28. The van der Waals surface area contributed by atoms with Gasteiger partial charge in [-0.2, -0.15) is 5.90 Å². The molecule has 1 heterocycles. The number of halogens is 4. The SMILES string of the molecule is COc1c(OCCCN(Br)Br)cc2oc3cc(OCCCN(Br)Br)c(CC=C(C)C)c(O)c3c(=O)c2c1CC=C(C)C. The number of fused-ring (bicyclic) bond motifs is 2. The molecule has 0 unspecified atom stereocenters. The highest BCUT2D eigenvalue weighted by atomic mass is 79.9. The molecule has 0 amide bonds. The van der Waals surface area contributed by atoms with Crippen molar-refractivity contribution in [2.24, 2.45) is 0 Å². The third-order valence-electron chi connectivity index (χ3n) is 6.40. The summed E-state index contributed by atoms with van der Waals surface area (Å²) < 4.78 is 27.8. The molecular formula is C30H36Br4N2O6. The minimum absolute atomic E-state index is 0.114. The number of aromatic hydroxyl groups is 1. The van der Waals surface area contributed by atoms with Crippen LogP contribution in [0.3, 0.4) is 0 Å². The van der Waals surface area contributed by atoms with E-state index in [9.17, 15) is 9.90 Å². The van der Waals surface area contributed by atoms with Crippen LogP contribution in [0, 0.1) is 0 Å². The lowest BCUT2D eigenvalue weighted by Gasteiger charge is -2.18.